The second-order valence-electron chi connectivity index (χ2n) is 5.72. The molecule has 0 aromatic heterocycles. The molecule has 0 saturated heterocycles. The third-order valence-corrected chi connectivity index (χ3v) is 6.18. The molecule has 0 spiro atoms. The number of hydrogen-bond acceptors (Lipinski definition) is 4. The van der Waals surface area contributed by atoms with Crippen LogP contribution in [0, 0.1) is 0 Å². The molecule has 2 unspecified atom stereocenters. The monoisotopic (exact) mass is 340 g/mol. The van der Waals surface area contributed by atoms with E-state index in [1.54, 1.807) is 24.3 Å². The van der Waals surface area contributed by atoms with Crippen LogP contribution in [0.2, 0.25) is 0 Å². The first-order chi connectivity index (χ1) is 10.7. The lowest BCUT2D eigenvalue weighted by atomic mass is 9.94. The van der Waals surface area contributed by atoms with Gasteiger partial charge in [-0.05, 0) is 24.5 Å². The van der Waals surface area contributed by atoms with Crippen molar-refractivity contribution in [1.29, 1.82) is 0 Å². The number of sulfonamides is 1. The van der Waals surface area contributed by atoms with Crippen molar-refractivity contribution in [3.63, 3.8) is 0 Å². The summed E-state index contributed by atoms with van der Waals surface area (Å²) in [5, 5.41) is 8.22. The molecule has 2 rings (SSSR count). The lowest BCUT2D eigenvalue weighted by Gasteiger charge is -2.35. The average Bonchev–Trinajstić information content (AvgIpc) is 2.51. The SMILES string of the molecule is CC(C(=O)N(C)C)S(=O)(=O)N1CCc2ccccc2C1C(=O)O. The zero-order valence-electron chi connectivity index (χ0n) is 13.3. The van der Waals surface area contributed by atoms with Gasteiger partial charge >= 0.3 is 5.97 Å². The van der Waals surface area contributed by atoms with Gasteiger partial charge in [-0.15, -0.1) is 0 Å². The number of carbonyl (C=O) groups excluding carboxylic acids is 1. The third kappa shape index (κ3) is 3.09. The van der Waals surface area contributed by atoms with Crippen LogP contribution in [-0.2, 0) is 26.0 Å². The predicted molar refractivity (Wildman–Crippen MR) is 84.3 cm³/mol. The van der Waals surface area contributed by atoms with Gasteiger partial charge in [0, 0.05) is 20.6 Å². The molecule has 0 saturated carbocycles. The van der Waals surface area contributed by atoms with E-state index >= 15 is 0 Å². The van der Waals surface area contributed by atoms with Gasteiger partial charge in [0.15, 0.2) is 5.25 Å². The summed E-state index contributed by atoms with van der Waals surface area (Å²) in [7, 11) is -1.15. The Labute approximate surface area is 135 Å². The largest absolute Gasteiger partial charge is 0.480 e. The fourth-order valence-corrected chi connectivity index (χ4v) is 4.48. The van der Waals surface area contributed by atoms with E-state index in [2.05, 4.69) is 0 Å². The molecule has 0 fully saturated rings. The lowest BCUT2D eigenvalue weighted by molar-refractivity contribution is -0.142. The van der Waals surface area contributed by atoms with Gasteiger partial charge in [-0.2, -0.15) is 4.31 Å². The maximum absolute atomic E-state index is 12.8. The second kappa shape index (κ2) is 6.29. The number of fused-ring (bicyclic) bond motifs is 1. The van der Waals surface area contributed by atoms with Crippen molar-refractivity contribution >= 4 is 21.9 Å². The Morgan fingerprint density at radius 1 is 1.30 bits per heavy atom. The number of hydrogen-bond donors (Lipinski definition) is 1. The Hall–Kier alpha value is -1.93. The predicted octanol–water partition coefficient (Wildman–Crippen LogP) is 0.477. The van der Waals surface area contributed by atoms with Crippen LogP contribution in [-0.4, -0.2) is 60.5 Å². The molecular weight excluding hydrogens is 320 g/mol. The molecular formula is C15H20N2O5S. The standard InChI is InChI=1S/C15H20N2O5S/c1-10(14(18)16(2)3)23(21,22)17-9-8-11-6-4-5-7-12(11)13(17)15(19)20/h4-7,10,13H,8-9H2,1-3H3,(H,19,20). The molecule has 2 atom stereocenters. The first kappa shape index (κ1) is 17.4. The van der Waals surface area contributed by atoms with Crippen LogP contribution in [0.5, 0.6) is 0 Å². The Bertz CT molecular complexity index is 729. The Morgan fingerprint density at radius 3 is 2.48 bits per heavy atom. The topological polar surface area (TPSA) is 95.0 Å². The number of amides is 1. The summed E-state index contributed by atoms with van der Waals surface area (Å²) in [6.07, 6.45) is 0.419. The molecule has 1 amide bonds. The molecule has 8 heteroatoms. The highest BCUT2D eigenvalue weighted by Gasteiger charge is 2.44. The lowest BCUT2D eigenvalue weighted by Crippen LogP contribution is -2.50. The van der Waals surface area contributed by atoms with Crippen LogP contribution < -0.4 is 0 Å². The van der Waals surface area contributed by atoms with Crippen LogP contribution in [0.15, 0.2) is 24.3 Å². The van der Waals surface area contributed by atoms with E-state index in [1.165, 1.54) is 25.9 Å². The Morgan fingerprint density at radius 2 is 1.91 bits per heavy atom. The van der Waals surface area contributed by atoms with Crippen molar-refractivity contribution in [1.82, 2.24) is 9.21 Å². The van der Waals surface area contributed by atoms with E-state index in [9.17, 15) is 23.1 Å². The first-order valence-corrected chi connectivity index (χ1v) is 8.70. The summed E-state index contributed by atoms with van der Waals surface area (Å²) in [4.78, 5) is 24.9. The van der Waals surface area contributed by atoms with E-state index in [1.807, 2.05) is 0 Å². The fraction of sp³-hybridized carbons (Fsp3) is 0.467. The van der Waals surface area contributed by atoms with E-state index < -0.39 is 33.2 Å². The molecule has 7 nitrogen and oxygen atoms in total. The van der Waals surface area contributed by atoms with Crippen molar-refractivity contribution in [2.45, 2.75) is 24.6 Å². The number of nitrogens with zero attached hydrogens (tertiary/aromatic N) is 2. The number of rotatable bonds is 4. The van der Waals surface area contributed by atoms with E-state index in [-0.39, 0.29) is 6.54 Å². The second-order valence-corrected chi connectivity index (χ2v) is 7.93. The summed E-state index contributed by atoms with van der Waals surface area (Å²) < 4.78 is 26.5. The van der Waals surface area contributed by atoms with Crippen LogP contribution >= 0.6 is 0 Å². The van der Waals surface area contributed by atoms with Gasteiger partial charge in [0.2, 0.25) is 15.9 Å². The zero-order valence-corrected chi connectivity index (χ0v) is 14.1. The summed E-state index contributed by atoms with van der Waals surface area (Å²) in [6, 6.07) is 5.58. The number of carboxylic acid groups (broad SMARTS) is 1. The van der Waals surface area contributed by atoms with E-state index in [0.29, 0.717) is 12.0 Å². The molecule has 1 heterocycles. The summed E-state index contributed by atoms with van der Waals surface area (Å²) in [5.41, 5.74) is 1.28. The number of carboxylic acids is 1. The molecule has 0 bridgehead atoms. The summed E-state index contributed by atoms with van der Waals surface area (Å²) in [5.74, 6) is -1.82. The van der Waals surface area contributed by atoms with Crippen LogP contribution in [0.4, 0.5) is 0 Å². The highest BCUT2D eigenvalue weighted by molar-refractivity contribution is 7.90. The normalized spacial score (nSPS) is 19.7. The average molecular weight is 340 g/mol. The number of benzene rings is 1. The highest BCUT2D eigenvalue weighted by atomic mass is 32.2. The number of carbonyl (C=O) groups is 2. The van der Waals surface area contributed by atoms with Crippen molar-refractivity contribution in [2.24, 2.45) is 0 Å². The summed E-state index contributed by atoms with van der Waals surface area (Å²) >= 11 is 0. The minimum atomic E-state index is -4.08. The minimum Gasteiger partial charge on any atom is -0.480 e. The maximum Gasteiger partial charge on any atom is 0.326 e. The van der Waals surface area contributed by atoms with Gasteiger partial charge < -0.3 is 10.0 Å². The smallest absolute Gasteiger partial charge is 0.326 e. The van der Waals surface area contributed by atoms with Gasteiger partial charge in [-0.1, -0.05) is 24.3 Å². The van der Waals surface area contributed by atoms with Gasteiger partial charge in [0.25, 0.3) is 0 Å². The maximum atomic E-state index is 12.8. The van der Waals surface area contributed by atoms with E-state index in [0.717, 1.165) is 9.87 Å². The quantitative estimate of drug-likeness (QED) is 0.860. The molecule has 1 aromatic carbocycles. The Kier molecular flexibility index (Phi) is 4.76. The summed E-state index contributed by atoms with van der Waals surface area (Å²) in [6.45, 7) is 1.33. The molecule has 126 valence electrons. The number of aliphatic carboxylic acids is 1. The Balaban J connectivity index is 2.46. The minimum absolute atomic E-state index is 0.0430. The molecule has 1 aromatic rings. The van der Waals surface area contributed by atoms with Crippen LogP contribution in [0.1, 0.15) is 24.1 Å². The third-order valence-electron chi connectivity index (χ3n) is 4.04. The van der Waals surface area contributed by atoms with Crippen molar-refractivity contribution in [3.05, 3.63) is 35.4 Å². The van der Waals surface area contributed by atoms with Gasteiger partial charge in [0.1, 0.15) is 6.04 Å². The van der Waals surface area contributed by atoms with Crippen molar-refractivity contribution in [3.8, 4) is 0 Å². The van der Waals surface area contributed by atoms with Gasteiger partial charge in [-0.25, -0.2) is 8.42 Å². The van der Waals surface area contributed by atoms with Gasteiger partial charge in [-0.3, -0.25) is 9.59 Å². The fourth-order valence-electron chi connectivity index (χ4n) is 2.77. The van der Waals surface area contributed by atoms with E-state index in [4.69, 9.17) is 0 Å². The molecule has 1 N–H and O–H groups in total. The zero-order chi connectivity index (χ0) is 17.4. The van der Waals surface area contributed by atoms with Gasteiger partial charge in [0.05, 0.1) is 0 Å². The molecule has 23 heavy (non-hydrogen) atoms. The molecule has 0 radical (unpaired) electrons. The van der Waals surface area contributed by atoms with Crippen molar-refractivity contribution in [2.75, 3.05) is 20.6 Å². The highest BCUT2D eigenvalue weighted by Crippen LogP contribution is 2.33. The van der Waals surface area contributed by atoms with Crippen LogP contribution in [0.25, 0.3) is 0 Å². The molecule has 0 aliphatic carbocycles. The molecule has 1 aliphatic rings. The van der Waals surface area contributed by atoms with Crippen LogP contribution in [0.3, 0.4) is 0 Å². The first-order valence-electron chi connectivity index (χ1n) is 7.20. The molecule has 1 aliphatic heterocycles. The van der Waals surface area contributed by atoms with Crippen molar-refractivity contribution < 1.29 is 23.1 Å².